The van der Waals surface area contributed by atoms with Crippen LogP contribution in [0.1, 0.15) is 24.5 Å². The maximum atomic E-state index is 12.6. The fraction of sp³-hybridized carbons (Fsp3) is 0.444. The Balaban J connectivity index is 3.17. The van der Waals surface area contributed by atoms with Gasteiger partial charge in [-0.05, 0) is 24.6 Å². The second kappa shape index (κ2) is 10.4. The van der Waals surface area contributed by atoms with Crippen LogP contribution in [0.4, 0.5) is 13.2 Å². The summed E-state index contributed by atoms with van der Waals surface area (Å²) in [6, 6.07) is 2.58. The summed E-state index contributed by atoms with van der Waals surface area (Å²) in [5.74, 6) is -3.85. The second-order valence-electron chi connectivity index (χ2n) is 5.50. The molecule has 28 heavy (non-hydrogen) atoms. The molecule has 0 aliphatic heterocycles. The normalized spacial score (nSPS) is 13.6. The molecule has 1 rings (SSSR count). The summed E-state index contributed by atoms with van der Waals surface area (Å²) in [4.78, 5) is 39.8. The number of alkyl halides is 3. The minimum absolute atomic E-state index is 0.00273. The molecule has 0 bridgehead atoms. The van der Waals surface area contributed by atoms with E-state index in [9.17, 15) is 27.6 Å². The molecule has 0 aliphatic rings. The Labute approximate surface area is 159 Å². The summed E-state index contributed by atoms with van der Waals surface area (Å²) in [5.41, 5.74) is -0.589. The Morgan fingerprint density at radius 2 is 1.68 bits per heavy atom. The Morgan fingerprint density at radius 1 is 1.07 bits per heavy atom. The van der Waals surface area contributed by atoms with Gasteiger partial charge in [0.1, 0.15) is 5.92 Å². The summed E-state index contributed by atoms with van der Waals surface area (Å²) in [7, 11) is 2.19. The molecule has 1 aromatic carbocycles. The minimum atomic E-state index is -4.49. The topological polar surface area (TPSA) is 91.3 Å². The van der Waals surface area contributed by atoms with Gasteiger partial charge in [-0.3, -0.25) is 14.6 Å². The first-order valence-electron chi connectivity index (χ1n) is 8.15. The third-order valence-corrected chi connectivity index (χ3v) is 3.65. The van der Waals surface area contributed by atoms with Gasteiger partial charge in [-0.1, -0.05) is 12.1 Å². The first-order chi connectivity index (χ1) is 13.1. The van der Waals surface area contributed by atoms with Crippen molar-refractivity contribution in [3.8, 4) is 0 Å². The lowest BCUT2D eigenvalue weighted by Crippen LogP contribution is -2.37. The number of hydrogen-bond acceptors (Lipinski definition) is 7. The van der Waals surface area contributed by atoms with Gasteiger partial charge >= 0.3 is 24.1 Å². The van der Waals surface area contributed by atoms with E-state index in [1.165, 1.54) is 0 Å². The van der Waals surface area contributed by atoms with Crippen LogP contribution in [0.15, 0.2) is 29.3 Å². The summed E-state index contributed by atoms with van der Waals surface area (Å²) in [5, 5.41) is 0. The van der Waals surface area contributed by atoms with Crippen LogP contribution in [-0.2, 0) is 34.8 Å². The van der Waals surface area contributed by atoms with E-state index in [0.29, 0.717) is 0 Å². The largest absolute Gasteiger partial charge is 0.469 e. The van der Waals surface area contributed by atoms with Gasteiger partial charge in [0.2, 0.25) is 0 Å². The van der Waals surface area contributed by atoms with Gasteiger partial charge in [0.15, 0.2) is 6.04 Å². The van der Waals surface area contributed by atoms with Crippen LogP contribution in [0.5, 0.6) is 0 Å². The van der Waals surface area contributed by atoms with Gasteiger partial charge < -0.3 is 14.2 Å². The van der Waals surface area contributed by atoms with E-state index < -0.39 is 48.0 Å². The van der Waals surface area contributed by atoms with Crippen LogP contribution in [0.3, 0.4) is 0 Å². The average molecular weight is 403 g/mol. The molecule has 0 fully saturated rings. The number of carbonyl (C=O) groups excluding carboxylic acids is 3. The summed E-state index contributed by atoms with van der Waals surface area (Å²) in [6.07, 6.45) is -3.86. The molecule has 10 heteroatoms. The Hall–Kier alpha value is -2.91. The number of methoxy groups -OCH3 is 2. The molecule has 0 heterocycles. The Bertz CT molecular complexity index is 715. The Kier molecular flexibility index (Phi) is 8.62. The third kappa shape index (κ3) is 6.67. The van der Waals surface area contributed by atoms with Crippen molar-refractivity contribution < 1.29 is 41.8 Å². The zero-order valence-electron chi connectivity index (χ0n) is 15.5. The SMILES string of the molecule is CCOC(=O)C(N=Cc1ccc(C(F)(F)F)cc1)C(CC(=O)OC)C(=O)OC. The number of halogens is 3. The molecule has 7 nitrogen and oxygen atoms in total. The maximum Gasteiger partial charge on any atom is 0.416 e. The summed E-state index contributed by atoms with van der Waals surface area (Å²) in [6.45, 7) is 1.54. The first kappa shape index (κ1) is 23.1. The fourth-order valence-corrected chi connectivity index (χ4v) is 2.22. The third-order valence-electron chi connectivity index (χ3n) is 3.65. The fourth-order valence-electron chi connectivity index (χ4n) is 2.22. The van der Waals surface area contributed by atoms with Gasteiger partial charge in [-0.25, -0.2) is 4.79 Å². The highest BCUT2D eigenvalue weighted by atomic mass is 19.4. The number of ether oxygens (including phenoxy) is 3. The lowest BCUT2D eigenvalue weighted by molar-refractivity contribution is -0.158. The van der Waals surface area contributed by atoms with E-state index in [0.717, 1.165) is 44.7 Å². The highest BCUT2D eigenvalue weighted by Crippen LogP contribution is 2.29. The molecule has 0 aromatic heterocycles. The monoisotopic (exact) mass is 403 g/mol. The number of rotatable bonds is 8. The highest BCUT2D eigenvalue weighted by molar-refractivity contribution is 5.90. The smallest absolute Gasteiger partial charge is 0.416 e. The molecule has 0 saturated heterocycles. The van der Waals surface area contributed by atoms with E-state index in [1.54, 1.807) is 6.92 Å². The van der Waals surface area contributed by atoms with Crippen LogP contribution in [0.25, 0.3) is 0 Å². The van der Waals surface area contributed by atoms with Crippen LogP contribution >= 0.6 is 0 Å². The lowest BCUT2D eigenvalue weighted by Gasteiger charge is -2.19. The van der Waals surface area contributed by atoms with Crippen molar-refractivity contribution in [1.82, 2.24) is 0 Å². The minimum Gasteiger partial charge on any atom is -0.469 e. The van der Waals surface area contributed by atoms with Gasteiger partial charge in [-0.2, -0.15) is 13.2 Å². The molecule has 154 valence electrons. The van der Waals surface area contributed by atoms with E-state index in [4.69, 9.17) is 4.74 Å². The lowest BCUT2D eigenvalue weighted by atomic mass is 9.96. The highest BCUT2D eigenvalue weighted by Gasteiger charge is 2.37. The van der Waals surface area contributed by atoms with E-state index >= 15 is 0 Å². The second-order valence-corrected chi connectivity index (χ2v) is 5.50. The van der Waals surface area contributed by atoms with Crippen LogP contribution < -0.4 is 0 Å². The van der Waals surface area contributed by atoms with Gasteiger partial charge in [0, 0.05) is 6.21 Å². The molecular weight excluding hydrogens is 383 g/mol. The average Bonchev–Trinajstić information content (AvgIpc) is 2.66. The summed E-state index contributed by atoms with van der Waals surface area (Å²) >= 11 is 0. The molecule has 2 atom stereocenters. The van der Waals surface area contributed by atoms with Crippen LogP contribution in [0, 0.1) is 5.92 Å². The van der Waals surface area contributed by atoms with E-state index in [-0.39, 0.29) is 12.2 Å². The number of aliphatic imine (C=N–C) groups is 1. The van der Waals surface area contributed by atoms with Crippen LogP contribution in [-0.4, -0.2) is 51.0 Å². The number of esters is 3. The van der Waals surface area contributed by atoms with Crippen molar-refractivity contribution >= 4 is 24.1 Å². The van der Waals surface area contributed by atoms with Crippen molar-refractivity contribution in [3.05, 3.63) is 35.4 Å². The number of hydrogen-bond donors (Lipinski definition) is 0. The van der Waals surface area contributed by atoms with Gasteiger partial charge in [-0.15, -0.1) is 0 Å². The number of carbonyl (C=O) groups is 3. The molecule has 0 radical (unpaired) electrons. The molecular formula is C18H20F3NO6. The molecule has 1 aromatic rings. The van der Waals surface area contributed by atoms with E-state index in [2.05, 4.69) is 14.5 Å². The molecule has 0 aliphatic carbocycles. The zero-order valence-corrected chi connectivity index (χ0v) is 15.5. The van der Waals surface area contributed by atoms with Crippen molar-refractivity contribution in [2.45, 2.75) is 25.6 Å². The molecule has 0 N–H and O–H groups in total. The zero-order chi connectivity index (χ0) is 21.3. The first-order valence-corrected chi connectivity index (χ1v) is 8.15. The van der Waals surface area contributed by atoms with Gasteiger partial charge in [0.25, 0.3) is 0 Å². The van der Waals surface area contributed by atoms with Crippen molar-refractivity contribution in [1.29, 1.82) is 0 Å². The molecule has 0 saturated carbocycles. The van der Waals surface area contributed by atoms with Crippen molar-refractivity contribution in [2.75, 3.05) is 20.8 Å². The predicted molar refractivity (Wildman–Crippen MR) is 91.6 cm³/mol. The summed E-state index contributed by atoms with van der Waals surface area (Å²) < 4.78 is 51.9. The van der Waals surface area contributed by atoms with Crippen molar-refractivity contribution in [2.24, 2.45) is 10.9 Å². The van der Waals surface area contributed by atoms with Gasteiger partial charge in [0.05, 0.1) is 32.8 Å². The predicted octanol–water partition coefficient (Wildman–Crippen LogP) is 2.41. The van der Waals surface area contributed by atoms with Crippen molar-refractivity contribution in [3.63, 3.8) is 0 Å². The van der Waals surface area contributed by atoms with Crippen LogP contribution in [0.2, 0.25) is 0 Å². The maximum absolute atomic E-state index is 12.6. The standard InChI is InChI=1S/C18H20F3NO6/c1-4-28-17(25)15(13(16(24)27-3)9-14(23)26-2)22-10-11-5-7-12(8-6-11)18(19,20)21/h5-8,10,13,15H,4,9H2,1-3H3. The van der Waals surface area contributed by atoms with E-state index in [1.807, 2.05) is 0 Å². The number of benzene rings is 1. The quantitative estimate of drug-likeness (QED) is 0.376. The molecule has 0 amide bonds. The number of nitrogens with zero attached hydrogens (tertiary/aromatic N) is 1. The molecule has 2 unspecified atom stereocenters. The molecule has 0 spiro atoms. The Morgan fingerprint density at radius 3 is 2.14 bits per heavy atom.